The Morgan fingerprint density at radius 3 is 0.750 bits per heavy atom. The van der Waals surface area contributed by atoms with Gasteiger partial charge in [0, 0.05) is 0 Å². The molecule has 0 aromatic rings. The molecule has 0 aliphatic carbocycles. The molecule has 8 heavy (non-hydrogen) atoms. The SMILES string of the molecule is N.O.[Cl][Rh]([Cl])([Cl])([Cl])[Cl]. The van der Waals surface area contributed by atoms with Gasteiger partial charge in [0.15, 0.2) is 0 Å². The van der Waals surface area contributed by atoms with Crippen LogP contribution >= 0.6 is 48.5 Å². The predicted octanol–water partition coefficient (Wildman–Crippen LogP) is 2.78. The molecule has 60 valence electrons. The van der Waals surface area contributed by atoms with E-state index in [1.165, 1.54) is 0 Å². The van der Waals surface area contributed by atoms with E-state index in [9.17, 15) is 0 Å². The van der Waals surface area contributed by atoms with E-state index in [2.05, 4.69) is 0 Å². The first-order valence-corrected chi connectivity index (χ1v) is 11.2. The summed E-state index contributed by atoms with van der Waals surface area (Å²) in [6.45, 7) is 0. The van der Waals surface area contributed by atoms with Crippen molar-refractivity contribution in [3.05, 3.63) is 0 Å². The Balaban J connectivity index is -0.000000125. The van der Waals surface area contributed by atoms with E-state index < -0.39 is 8.65 Å². The molecule has 0 fully saturated rings. The number of halogens is 5. The fourth-order valence-electron chi connectivity index (χ4n) is 0. The van der Waals surface area contributed by atoms with Crippen LogP contribution in [0.2, 0.25) is 0 Å². The molecular formula is H5Cl5NORh. The van der Waals surface area contributed by atoms with E-state index >= 15 is 0 Å². The molecule has 0 aromatic heterocycles. The molecule has 0 aromatic carbocycles. The average Bonchev–Trinajstić information content (AvgIpc) is 0.650. The van der Waals surface area contributed by atoms with Crippen molar-refractivity contribution >= 4 is 48.5 Å². The molecule has 0 saturated heterocycles. The van der Waals surface area contributed by atoms with Gasteiger partial charge in [0.1, 0.15) is 0 Å². The van der Waals surface area contributed by atoms with Crippen LogP contribution in [0.25, 0.3) is 0 Å². The third-order valence-corrected chi connectivity index (χ3v) is 0. The van der Waals surface area contributed by atoms with Gasteiger partial charge in [-0.05, 0) is 0 Å². The molecule has 0 radical (unpaired) electrons. The van der Waals surface area contributed by atoms with Gasteiger partial charge in [-0.1, -0.05) is 0 Å². The summed E-state index contributed by atoms with van der Waals surface area (Å²) in [5.41, 5.74) is 0. The summed E-state index contributed by atoms with van der Waals surface area (Å²) in [7, 11) is 21.0. The van der Waals surface area contributed by atoms with Gasteiger partial charge in [-0.2, -0.15) is 0 Å². The third-order valence-electron chi connectivity index (χ3n) is 0. The second-order valence-corrected chi connectivity index (χ2v) is 25.4. The van der Waals surface area contributed by atoms with Gasteiger partial charge in [0.05, 0.1) is 0 Å². The summed E-state index contributed by atoms with van der Waals surface area (Å²) >= 11 is 0. The first-order chi connectivity index (χ1) is 2.24. The van der Waals surface area contributed by atoms with Gasteiger partial charge in [-0.15, -0.1) is 0 Å². The summed E-state index contributed by atoms with van der Waals surface area (Å²) < 4.78 is 0. The van der Waals surface area contributed by atoms with Crippen LogP contribution < -0.4 is 6.15 Å². The quantitative estimate of drug-likeness (QED) is 0.686. The molecule has 0 aliphatic rings. The van der Waals surface area contributed by atoms with Crippen LogP contribution in [0.5, 0.6) is 0 Å². The van der Waals surface area contributed by atoms with Crippen LogP contribution in [0.15, 0.2) is 0 Å². The van der Waals surface area contributed by atoms with E-state index in [1.54, 1.807) is 0 Å². The first kappa shape index (κ1) is 16.5. The summed E-state index contributed by atoms with van der Waals surface area (Å²) in [4.78, 5) is 0. The summed E-state index contributed by atoms with van der Waals surface area (Å²) in [6, 6.07) is 0. The van der Waals surface area contributed by atoms with E-state index in [0.717, 1.165) is 0 Å². The Labute approximate surface area is 68.2 Å². The van der Waals surface area contributed by atoms with Gasteiger partial charge in [-0.25, -0.2) is 0 Å². The maximum absolute atomic E-state index is 5.02. The molecule has 0 atom stereocenters. The fourth-order valence-corrected chi connectivity index (χ4v) is 0. The van der Waals surface area contributed by atoms with Crippen molar-refractivity contribution in [1.82, 2.24) is 6.15 Å². The predicted molar refractivity (Wildman–Crippen MR) is 37.9 cm³/mol. The number of hydrogen-bond acceptors (Lipinski definition) is 1. The van der Waals surface area contributed by atoms with Crippen LogP contribution in [-0.4, -0.2) is 5.48 Å². The Morgan fingerprint density at radius 1 is 0.750 bits per heavy atom. The van der Waals surface area contributed by atoms with Gasteiger partial charge in [0.2, 0.25) is 0 Å². The molecule has 0 saturated carbocycles. The van der Waals surface area contributed by atoms with Crippen molar-refractivity contribution in [2.24, 2.45) is 0 Å². The molecule has 0 unspecified atom stereocenters. The minimum atomic E-state index is -4.04. The molecule has 2 nitrogen and oxygen atoms in total. The normalized spacial score (nSPS) is 14.4. The second-order valence-electron chi connectivity index (χ2n) is 0.476. The van der Waals surface area contributed by atoms with Gasteiger partial charge >= 0.3 is 57.1 Å². The van der Waals surface area contributed by atoms with Crippen molar-refractivity contribution in [3.63, 3.8) is 0 Å². The van der Waals surface area contributed by atoms with E-state index in [0.29, 0.717) is 0 Å². The monoisotopic (exact) mass is 313 g/mol. The van der Waals surface area contributed by atoms with Crippen LogP contribution in [0.3, 0.4) is 0 Å². The molecule has 8 heteroatoms. The number of hydrogen-bond donors (Lipinski definition) is 1. The third kappa shape index (κ3) is 98.4. The standard InChI is InChI=1S/5ClH.H3N.H2O.Rh/h5*1H;1H3;1H2;/q;;;;;;;+5/p-5. The fraction of sp³-hybridized carbons (Fsp3) is 0. The zero-order chi connectivity index (χ0) is 5.45. The Morgan fingerprint density at radius 2 is 0.750 bits per heavy atom. The van der Waals surface area contributed by atoms with E-state index in [4.69, 9.17) is 48.5 Å². The van der Waals surface area contributed by atoms with E-state index in [-0.39, 0.29) is 11.6 Å². The number of rotatable bonds is 0. The maximum atomic E-state index is 5.02. The molecule has 0 aliphatic heterocycles. The average molecular weight is 315 g/mol. The second kappa shape index (κ2) is 3.99. The zero-order valence-electron chi connectivity index (χ0n) is 3.43. The molecule has 0 heterocycles. The van der Waals surface area contributed by atoms with Crippen molar-refractivity contribution in [3.8, 4) is 0 Å². The van der Waals surface area contributed by atoms with Crippen molar-refractivity contribution in [2.45, 2.75) is 0 Å². The van der Waals surface area contributed by atoms with Crippen molar-refractivity contribution < 1.29 is 14.1 Å². The molecular weight excluding hydrogens is 310 g/mol. The summed E-state index contributed by atoms with van der Waals surface area (Å²) in [5.74, 6) is 0. The van der Waals surface area contributed by atoms with Gasteiger partial charge < -0.3 is 11.6 Å². The Kier molecular flexibility index (Phi) is 8.25. The van der Waals surface area contributed by atoms with Crippen LogP contribution in [-0.2, 0) is 8.65 Å². The molecule has 0 spiro atoms. The molecule has 0 amide bonds. The Hall–Kier alpha value is 1.99. The first-order valence-electron chi connectivity index (χ1n) is 0.630. The molecule has 0 bridgehead atoms. The van der Waals surface area contributed by atoms with Crippen LogP contribution in [0.1, 0.15) is 0 Å². The summed E-state index contributed by atoms with van der Waals surface area (Å²) in [6.07, 6.45) is 0. The molecule has 5 N–H and O–H groups in total. The van der Waals surface area contributed by atoms with Crippen molar-refractivity contribution in [2.75, 3.05) is 0 Å². The van der Waals surface area contributed by atoms with Gasteiger partial charge in [0.25, 0.3) is 0 Å². The molecule has 0 rings (SSSR count). The van der Waals surface area contributed by atoms with Gasteiger partial charge in [-0.3, -0.25) is 0 Å². The zero-order valence-corrected chi connectivity index (χ0v) is 8.85. The van der Waals surface area contributed by atoms with Crippen LogP contribution in [0.4, 0.5) is 0 Å². The van der Waals surface area contributed by atoms with Crippen molar-refractivity contribution in [1.29, 1.82) is 0 Å². The topological polar surface area (TPSA) is 66.5 Å². The van der Waals surface area contributed by atoms with E-state index in [1.807, 2.05) is 0 Å². The summed E-state index contributed by atoms with van der Waals surface area (Å²) in [5, 5.41) is 0. The minimum absolute atomic E-state index is 0. The van der Waals surface area contributed by atoms with Crippen LogP contribution in [0, 0.1) is 0 Å². The Bertz CT molecular complexity index is 45.6.